The third-order valence-corrected chi connectivity index (χ3v) is 4.48. The predicted molar refractivity (Wildman–Crippen MR) is 78.7 cm³/mol. The first kappa shape index (κ1) is 12.8. The fourth-order valence-corrected chi connectivity index (χ4v) is 3.75. The van der Waals surface area contributed by atoms with Crippen molar-refractivity contribution in [1.82, 2.24) is 0 Å². The van der Waals surface area contributed by atoms with Crippen molar-refractivity contribution < 1.29 is 0 Å². The fourth-order valence-electron chi connectivity index (χ4n) is 2.06. The molecule has 17 heavy (non-hydrogen) atoms. The summed E-state index contributed by atoms with van der Waals surface area (Å²) in [5, 5.41) is 0. The molecule has 2 aromatic rings. The lowest BCUT2D eigenvalue weighted by atomic mass is 10.0. The number of nitrogens with two attached hydrogens (primary N) is 1. The molecule has 1 nitrogen and oxygen atoms in total. The Hall–Kier alpha value is -0.640. The molecule has 2 rings (SSSR count). The maximum Gasteiger partial charge on any atom is 0.0649 e. The predicted octanol–water partition coefficient (Wildman–Crippen LogP) is 4.48. The highest BCUT2D eigenvalue weighted by molar-refractivity contribution is 9.10. The Morgan fingerprint density at radius 2 is 1.82 bits per heavy atom. The van der Waals surface area contributed by atoms with Crippen LogP contribution in [-0.2, 0) is 0 Å². The molecular formula is C14H16BrNS. The van der Waals surface area contributed by atoms with Crippen LogP contribution < -0.4 is 5.73 Å². The van der Waals surface area contributed by atoms with Crippen LogP contribution in [0.2, 0.25) is 0 Å². The molecule has 0 fully saturated rings. The number of halogens is 1. The van der Waals surface area contributed by atoms with Gasteiger partial charge in [0.25, 0.3) is 0 Å². The van der Waals surface area contributed by atoms with Gasteiger partial charge in [-0.15, -0.1) is 11.3 Å². The minimum Gasteiger partial charge on any atom is -0.320 e. The maximum absolute atomic E-state index is 6.36. The molecule has 90 valence electrons. The summed E-state index contributed by atoms with van der Waals surface area (Å²) in [6, 6.07) is 8.54. The van der Waals surface area contributed by atoms with Crippen LogP contribution in [0, 0.1) is 20.8 Å². The van der Waals surface area contributed by atoms with Gasteiger partial charge in [0.2, 0.25) is 0 Å². The molecule has 1 aromatic carbocycles. The monoisotopic (exact) mass is 309 g/mol. The molecule has 1 aromatic heterocycles. The van der Waals surface area contributed by atoms with E-state index in [1.54, 1.807) is 11.3 Å². The molecule has 0 aliphatic carbocycles. The standard InChI is InChI=1S/C14H16BrNS/c1-8-4-11(7-12(15)5-8)13(16)14-9(2)6-10(3)17-14/h4-7,13H,16H2,1-3H3. The van der Waals surface area contributed by atoms with Gasteiger partial charge in [-0.25, -0.2) is 0 Å². The van der Waals surface area contributed by atoms with Gasteiger partial charge in [-0.05, 0) is 55.7 Å². The van der Waals surface area contributed by atoms with Crippen LogP contribution in [0.1, 0.15) is 32.5 Å². The molecule has 0 saturated carbocycles. The summed E-state index contributed by atoms with van der Waals surface area (Å²) in [6.07, 6.45) is 0. The topological polar surface area (TPSA) is 26.0 Å². The van der Waals surface area contributed by atoms with E-state index in [0.717, 1.165) is 4.47 Å². The molecular weight excluding hydrogens is 294 g/mol. The van der Waals surface area contributed by atoms with E-state index in [9.17, 15) is 0 Å². The molecule has 0 saturated heterocycles. The van der Waals surface area contributed by atoms with Gasteiger partial charge in [-0.2, -0.15) is 0 Å². The molecule has 2 N–H and O–H groups in total. The average molecular weight is 310 g/mol. The van der Waals surface area contributed by atoms with Gasteiger partial charge in [0.1, 0.15) is 0 Å². The number of rotatable bonds is 2. The zero-order chi connectivity index (χ0) is 12.6. The third-order valence-electron chi connectivity index (χ3n) is 2.79. The van der Waals surface area contributed by atoms with E-state index in [1.165, 1.54) is 26.4 Å². The Morgan fingerprint density at radius 3 is 2.35 bits per heavy atom. The summed E-state index contributed by atoms with van der Waals surface area (Å²) in [5.74, 6) is 0. The number of hydrogen-bond donors (Lipinski definition) is 1. The lowest BCUT2D eigenvalue weighted by Crippen LogP contribution is -2.11. The van der Waals surface area contributed by atoms with Crippen molar-refractivity contribution in [2.45, 2.75) is 26.8 Å². The van der Waals surface area contributed by atoms with Crippen molar-refractivity contribution in [3.8, 4) is 0 Å². The van der Waals surface area contributed by atoms with E-state index in [4.69, 9.17) is 5.73 Å². The van der Waals surface area contributed by atoms with Crippen LogP contribution >= 0.6 is 27.3 Å². The number of thiophene rings is 1. The first-order chi connectivity index (χ1) is 7.97. The van der Waals surface area contributed by atoms with E-state index >= 15 is 0 Å². The Kier molecular flexibility index (Phi) is 3.71. The molecule has 0 amide bonds. The highest BCUT2D eigenvalue weighted by Crippen LogP contribution is 2.31. The zero-order valence-corrected chi connectivity index (χ0v) is 12.7. The lowest BCUT2D eigenvalue weighted by molar-refractivity contribution is 0.882. The molecule has 0 aliphatic rings. The second kappa shape index (κ2) is 4.92. The van der Waals surface area contributed by atoms with E-state index in [1.807, 2.05) is 0 Å². The van der Waals surface area contributed by atoms with Gasteiger partial charge < -0.3 is 5.73 Å². The van der Waals surface area contributed by atoms with Crippen molar-refractivity contribution in [3.63, 3.8) is 0 Å². The zero-order valence-electron chi connectivity index (χ0n) is 10.3. The van der Waals surface area contributed by atoms with Crippen molar-refractivity contribution in [2.75, 3.05) is 0 Å². The van der Waals surface area contributed by atoms with Crippen LogP contribution in [0.4, 0.5) is 0 Å². The summed E-state index contributed by atoms with van der Waals surface area (Å²) in [6.45, 7) is 6.34. The average Bonchev–Trinajstić information content (AvgIpc) is 2.55. The van der Waals surface area contributed by atoms with Crippen molar-refractivity contribution >= 4 is 27.3 Å². The summed E-state index contributed by atoms with van der Waals surface area (Å²) in [4.78, 5) is 2.58. The van der Waals surface area contributed by atoms with E-state index in [2.05, 4.69) is 61.0 Å². The Balaban J connectivity index is 2.43. The normalized spacial score (nSPS) is 12.8. The van der Waals surface area contributed by atoms with Crippen molar-refractivity contribution in [1.29, 1.82) is 0 Å². The number of hydrogen-bond acceptors (Lipinski definition) is 2. The van der Waals surface area contributed by atoms with Gasteiger partial charge in [0.05, 0.1) is 6.04 Å². The largest absolute Gasteiger partial charge is 0.320 e. The molecule has 1 atom stereocenters. The highest BCUT2D eigenvalue weighted by Gasteiger charge is 2.14. The molecule has 0 aliphatic heterocycles. The molecule has 0 radical (unpaired) electrons. The summed E-state index contributed by atoms with van der Waals surface area (Å²) in [5.41, 5.74) is 10.0. The third kappa shape index (κ3) is 2.79. The molecule has 0 spiro atoms. The lowest BCUT2D eigenvalue weighted by Gasteiger charge is -2.13. The van der Waals surface area contributed by atoms with E-state index in [0.29, 0.717) is 0 Å². The molecule has 0 bridgehead atoms. The number of aryl methyl sites for hydroxylation is 3. The van der Waals surface area contributed by atoms with Gasteiger partial charge >= 0.3 is 0 Å². The molecule has 1 unspecified atom stereocenters. The van der Waals surface area contributed by atoms with Gasteiger partial charge in [0, 0.05) is 14.2 Å². The van der Waals surface area contributed by atoms with Gasteiger partial charge in [-0.1, -0.05) is 22.0 Å². The second-order valence-electron chi connectivity index (χ2n) is 4.44. The van der Waals surface area contributed by atoms with Crippen LogP contribution in [0.3, 0.4) is 0 Å². The summed E-state index contributed by atoms with van der Waals surface area (Å²) < 4.78 is 1.09. The minimum absolute atomic E-state index is 0.0232. The Bertz CT molecular complexity index is 525. The van der Waals surface area contributed by atoms with Crippen LogP contribution in [-0.4, -0.2) is 0 Å². The highest BCUT2D eigenvalue weighted by atomic mass is 79.9. The van der Waals surface area contributed by atoms with E-state index < -0.39 is 0 Å². The second-order valence-corrected chi connectivity index (χ2v) is 6.65. The van der Waals surface area contributed by atoms with Crippen LogP contribution in [0.5, 0.6) is 0 Å². The fraction of sp³-hybridized carbons (Fsp3) is 0.286. The van der Waals surface area contributed by atoms with Crippen molar-refractivity contribution in [2.24, 2.45) is 5.73 Å². The number of benzene rings is 1. The molecule has 1 heterocycles. The van der Waals surface area contributed by atoms with Crippen LogP contribution in [0.15, 0.2) is 28.7 Å². The summed E-state index contributed by atoms with van der Waals surface area (Å²) >= 11 is 5.31. The SMILES string of the molecule is Cc1cc(Br)cc(C(N)c2sc(C)cc2C)c1. The minimum atomic E-state index is -0.0232. The van der Waals surface area contributed by atoms with Gasteiger partial charge in [0.15, 0.2) is 0 Å². The quantitative estimate of drug-likeness (QED) is 0.869. The van der Waals surface area contributed by atoms with Crippen LogP contribution in [0.25, 0.3) is 0 Å². The van der Waals surface area contributed by atoms with Gasteiger partial charge in [-0.3, -0.25) is 0 Å². The smallest absolute Gasteiger partial charge is 0.0649 e. The van der Waals surface area contributed by atoms with E-state index in [-0.39, 0.29) is 6.04 Å². The molecule has 3 heteroatoms. The Labute approximate surface area is 115 Å². The van der Waals surface area contributed by atoms with Crippen molar-refractivity contribution in [3.05, 3.63) is 55.2 Å². The summed E-state index contributed by atoms with van der Waals surface area (Å²) in [7, 11) is 0. The first-order valence-electron chi connectivity index (χ1n) is 5.57. The Morgan fingerprint density at radius 1 is 1.12 bits per heavy atom. The first-order valence-corrected chi connectivity index (χ1v) is 7.18. The maximum atomic E-state index is 6.36.